The number of hydrogen-bond donors (Lipinski definition) is 1. The Balaban J connectivity index is 1.73. The van der Waals surface area contributed by atoms with Crippen LogP contribution < -0.4 is 10.1 Å². The Hall–Kier alpha value is -0.290. The molecule has 0 amide bonds. The van der Waals surface area contributed by atoms with Gasteiger partial charge < -0.3 is 10.1 Å². The molecule has 1 N–H and O–H groups in total. The van der Waals surface area contributed by atoms with Gasteiger partial charge in [0.25, 0.3) is 0 Å². The summed E-state index contributed by atoms with van der Waals surface area (Å²) in [5, 5.41) is 3.51. The molecule has 0 aliphatic heterocycles. The summed E-state index contributed by atoms with van der Waals surface area (Å²) in [4.78, 5) is 0. The first-order chi connectivity index (χ1) is 7.78. The molecular weight excluding hydrogens is 313 g/mol. The molecule has 1 aliphatic rings. The predicted octanol–water partition coefficient (Wildman–Crippen LogP) is 3.20. The van der Waals surface area contributed by atoms with E-state index in [1.807, 2.05) is 12.1 Å². The number of halogens is 1. The van der Waals surface area contributed by atoms with Crippen molar-refractivity contribution < 1.29 is 4.74 Å². The standard InChI is InChI=1S/C13H18INO/c1-2-6-15-11-8-13(9-11)16-12-5-3-4-10(14)7-12/h3-5,7,11,13,15H,2,6,8-9H2,1H3. The van der Waals surface area contributed by atoms with Crippen molar-refractivity contribution in [2.24, 2.45) is 0 Å². The summed E-state index contributed by atoms with van der Waals surface area (Å²) in [6.07, 6.45) is 3.91. The van der Waals surface area contributed by atoms with Gasteiger partial charge in [0.1, 0.15) is 11.9 Å². The van der Waals surface area contributed by atoms with E-state index in [1.165, 1.54) is 9.99 Å². The van der Waals surface area contributed by atoms with Gasteiger partial charge in [-0.3, -0.25) is 0 Å². The zero-order valence-corrected chi connectivity index (χ0v) is 11.7. The van der Waals surface area contributed by atoms with Crippen molar-refractivity contribution >= 4 is 22.6 Å². The van der Waals surface area contributed by atoms with E-state index >= 15 is 0 Å². The van der Waals surface area contributed by atoms with Gasteiger partial charge in [0.05, 0.1) is 0 Å². The molecule has 0 bridgehead atoms. The van der Waals surface area contributed by atoms with Crippen LogP contribution in [0.15, 0.2) is 24.3 Å². The molecule has 2 nitrogen and oxygen atoms in total. The van der Waals surface area contributed by atoms with Gasteiger partial charge in [-0.05, 0) is 66.6 Å². The van der Waals surface area contributed by atoms with Gasteiger partial charge in [0.2, 0.25) is 0 Å². The minimum absolute atomic E-state index is 0.410. The first-order valence-corrected chi connectivity index (χ1v) is 7.01. The molecule has 0 spiro atoms. The van der Waals surface area contributed by atoms with E-state index in [2.05, 4.69) is 47.0 Å². The molecule has 1 aromatic rings. The van der Waals surface area contributed by atoms with Crippen molar-refractivity contribution in [3.05, 3.63) is 27.8 Å². The summed E-state index contributed by atoms with van der Waals surface area (Å²) in [6.45, 7) is 3.33. The molecule has 1 saturated carbocycles. The maximum atomic E-state index is 5.90. The van der Waals surface area contributed by atoms with Gasteiger partial charge >= 0.3 is 0 Å². The quantitative estimate of drug-likeness (QED) is 0.837. The maximum Gasteiger partial charge on any atom is 0.120 e. The first kappa shape index (κ1) is 12.2. The van der Waals surface area contributed by atoms with Crippen molar-refractivity contribution in [3.8, 4) is 5.75 Å². The van der Waals surface area contributed by atoms with Crippen molar-refractivity contribution in [1.29, 1.82) is 0 Å². The molecule has 0 atom stereocenters. The molecule has 0 saturated heterocycles. The second-order valence-corrected chi connectivity index (χ2v) is 5.57. The molecule has 0 unspecified atom stereocenters. The monoisotopic (exact) mass is 331 g/mol. The molecule has 1 fully saturated rings. The van der Waals surface area contributed by atoms with Crippen LogP contribution >= 0.6 is 22.6 Å². The van der Waals surface area contributed by atoms with Crippen molar-refractivity contribution in [2.75, 3.05) is 6.54 Å². The van der Waals surface area contributed by atoms with Crippen LogP contribution in [0.25, 0.3) is 0 Å². The largest absolute Gasteiger partial charge is 0.490 e. The summed E-state index contributed by atoms with van der Waals surface area (Å²) < 4.78 is 7.13. The molecule has 2 rings (SSSR count). The van der Waals surface area contributed by atoms with E-state index in [4.69, 9.17) is 4.74 Å². The zero-order chi connectivity index (χ0) is 11.4. The van der Waals surface area contributed by atoms with Gasteiger partial charge in [-0.25, -0.2) is 0 Å². The van der Waals surface area contributed by atoms with Gasteiger partial charge in [-0.2, -0.15) is 0 Å². The van der Waals surface area contributed by atoms with Gasteiger partial charge in [-0.15, -0.1) is 0 Å². The Kier molecular flexibility index (Phi) is 4.46. The van der Waals surface area contributed by atoms with Crippen LogP contribution in [0.5, 0.6) is 5.75 Å². The van der Waals surface area contributed by atoms with Crippen molar-refractivity contribution in [3.63, 3.8) is 0 Å². The molecule has 88 valence electrons. The van der Waals surface area contributed by atoms with E-state index in [9.17, 15) is 0 Å². The summed E-state index contributed by atoms with van der Waals surface area (Å²) in [5.41, 5.74) is 0. The van der Waals surface area contributed by atoms with Crippen LogP contribution in [-0.4, -0.2) is 18.7 Å². The smallest absolute Gasteiger partial charge is 0.120 e. The second kappa shape index (κ2) is 5.87. The van der Waals surface area contributed by atoms with Crippen LogP contribution in [-0.2, 0) is 0 Å². The number of ether oxygens (including phenoxy) is 1. The summed E-state index contributed by atoms with van der Waals surface area (Å²) in [6, 6.07) is 8.93. The van der Waals surface area contributed by atoms with Gasteiger partial charge in [-0.1, -0.05) is 13.0 Å². The molecule has 0 radical (unpaired) electrons. The third kappa shape index (κ3) is 3.35. The van der Waals surface area contributed by atoms with E-state index in [1.54, 1.807) is 0 Å². The fraction of sp³-hybridized carbons (Fsp3) is 0.538. The Labute approximate surface area is 111 Å². The Morgan fingerprint density at radius 2 is 2.25 bits per heavy atom. The number of nitrogens with one attached hydrogen (secondary N) is 1. The third-order valence-electron chi connectivity index (χ3n) is 2.88. The van der Waals surface area contributed by atoms with E-state index in [0.29, 0.717) is 12.1 Å². The maximum absolute atomic E-state index is 5.90. The van der Waals surface area contributed by atoms with E-state index in [-0.39, 0.29) is 0 Å². The predicted molar refractivity (Wildman–Crippen MR) is 74.9 cm³/mol. The average molecular weight is 331 g/mol. The summed E-state index contributed by atoms with van der Waals surface area (Å²) in [7, 11) is 0. The first-order valence-electron chi connectivity index (χ1n) is 5.93. The number of rotatable bonds is 5. The molecule has 16 heavy (non-hydrogen) atoms. The van der Waals surface area contributed by atoms with Crippen LogP contribution in [0.1, 0.15) is 26.2 Å². The SMILES string of the molecule is CCCNC1CC(Oc2cccc(I)c2)C1. The lowest BCUT2D eigenvalue weighted by atomic mass is 9.89. The molecular formula is C13H18INO. The van der Waals surface area contributed by atoms with Crippen molar-refractivity contribution in [1.82, 2.24) is 5.32 Å². The topological polar surface area (TPSA) is 21.3 Å². The zero-order valence-electron chi connectivity index (χ0n) is 9.58. The Morgan fingerprint density at radius 1 is 1.44 bits per heavy atom. The summed E-state index contributed by atoms with van der Waals surface area (Å²) >= 11 is 2.31. The van der Waals surface area contributed by atoms with Gasteiger partial charge in [0.15, 0.2) is 0 Å². The van der Waals surface area contributed by atoms with Crippen LogP contribution in [0, 0.1) is 3.57 Å². The van der Waals surface area contributed by atoms with E-state index in [0.717, 1.165) is 25.1 Å². The molecule has 3 heteroatoms. The molecule has 0 aromatic heterocycles. The van der Waals surface area contributed by atoms with E-state index < -0.39 is 0 Å². The Bertz CT molecular complexity index is 336. The average Bonchev–Trinajstić information content (AvgIpc) is 2.21. The molecule has 0 heterocycles. The highest BCUT2D eigenvalue weighted by atomic mass is 127. The third-order valence-corrected chi connectivity index (χ3v) is 3.55. The number of hydrogen-bond acceptors (Lipinski definition) is 2. The van der Waals surface area contributed by atoms with Crippen LogP contribution in [0.2, 0.25) is 0 Å². The normalized spacial score (nSPS) is 23.9. The minimum atomic E-state index is 0.410. The lowest BCUT2D eigenvalue weighted by molar-refractivity contribution is 0.0852. The Morgan fingerprint density at radius 3 is 2.94 bits per heavy atom. The highest BCUT2D eigenvalue weighted by Gasteiger charge is 2.30. The second-order valence-electron chi connectivity index (χ2n) is 4.32. The minimum Gasteiger partial charge on any atom is -0.490 e. The molecule has 1 aromatic carbocycles. The lowest BCUT2D eigenvalue weighted by Crippen LogP contribution is -2.46. The lowest BCUT2D eigenvalue weighted by Gasteiger charge is -2.36. The summed E-state index contributed by atoms with van der Waals surface area (Å²) in [5.74, 6) is 1.01. The fourth-order valence-electron chi connectivity index (χ4n) is 1.91. The fourth-order valence-corrected chi connectivity index (χ4v) is 2.42. The van der Waals surface area contributed by atoms with Crippen molar-refractivity contribution in [2.45, 2.75) is 38.3 Å². The number of benzene rings is 1. The molecule has 1 aliphatic carbocycles. The van der Waals surface area contributed by atoms with Crippen LogP contribution in [0.3, 0.4) is 0 Å². The highest BCUT2D eigenvalue weighted by molar-refractivity contribution is 14.1. The highest BCUT2D eigenvalue weighted by Crippen LogP contribution is 2.26. The van der Waals surface area contributed by atoms with Gasteiger partial charge in [0, 0.05) is 9.61 Å². The van der Waals surface area contributed by atoms with Crippen LogP contribution in [0.4, 0.5) is 0 Å².